The van der Waals surface area contributed by atoms with Crippen LogP contribution in [0.2, 0.25) is 0 Å². The summed E-state index contributed by atoms with van der Waals surface area (Å²) in [5.41, 5.74) is 0.709. The van der Waals surface area contributed by atoms with Crippen LogP contribution in [0.1, 0.15) is 60.8 Å². The lowest BCUT2D eigenvalue weighted by atomic mass is 9.69. The first kappa shape index (κ1) is 15.4. The molecule has 0 aromatic rings. The molecule has 0 aromatic heterocycles. The van der Waals surface area contributed by atoms with Crippen molar-refractivity contribution in [2.75, 3.05) is 0 Å². The van der Waals surface area contributed by atoms with Gasteiger partial charge in [-0.15, -0.1) is 0 Å². The van der Waals surface area contributed by atoms with E-state index < -0.39 is 4.75 Å². The van der Waals surface area contributed by atoms with E-state index in [1.165, 1.54) is 19.3 Å². The number of hydrogen-bond donors (Lipinski definition) is 1. The Kier molecular flexibility index (Phi) is 3.30. The predicted molar refractivity (Wildman–Crippen MR) is 89.4 cm³/mol. The number of fused-ring (bicyclic) bond motifs is 2. The van der Waals surface area contributed by atoms with Crippen LogP contribution in [0, 0.1) is 22.7 Å². The Balaban J connectivity index is 1.76. The minimum atomic E-state index is -0.392. The van der Waals surface area contributed by atoms with Crippen molar-refractivity contribution >= 4 is 22.8 Å². The average molecular weight is 308 g/mol. The highest BCUT2D eigenvalue weighted by molar-refractivity contribution is 8.16. The highest BCUT2D eigenvalue weighted by atomic mass is 32.2. The molecule has 2 aliphatic carbocycles. The minimum Gasteiger partial charge on any atom is -0.361 e. The Morgan fingerprint density at radius 3 is 2.38 bits per heavy atom. The van der Waals surface area contributed by atoms with Crippen molar-refractivity contribution in [3.8, 4) is 0 Å². The van der Waals surface area contributed by atoms with Crippen LogP contribution in [-0.2, 0) is 4.79 Å². The second-order valence-electron chi connectivity index (χ2n) is 8.39. The van der Waals surface area contributed by atoms with Gasteiger partial charge in [-0.3, -0.25) is 4.79 Å². The van der Waals surface area contributed by atoms with Crippen molar-refractivity contribution < 1.29 is 4.79 Å². The van der Waals surface area contributed by atoms with E-state index in [2.05, 4.69) is 44.9 Å². The van der Waals surface area contributed by atoms with Crippen LogP contribution in [-0.4, -0.2) is 21.9 Å². The van der Waals surface area contributed by atoms with Crippen molar-refractivity contribution in [2.24, 2.45) is 27.7 Å². The number of amidine groups is 1. The highest BCUT2D eigenvalue weighted by Gasteiger charge is 2.61. The number of thioether (sulfide) groups is 1. The molecule has 1 aliphatic heterocycles. The van der Waals surface area contributed by atoms with Crippen molar-refractivity contribution in [1.29, 1.82) is 0 Å². The van der Waals surface area contributed by atoms with Crippen molar-refractivity contribution in [3.63, 3.8) is 0 Å². The van der Waals surface area contributed by atoms with Gasteiger partial charge in [-0.2, -0.15) is 4.99 Å². The molecule has 2 unspecified atom stereocenters. The third kappa shape index (κ3) is 1.94. The van der Waals surface area contributed by atoms with E-state index in [-0.39, 0.29) is 5.91 Å². The molecule has 3 rings (SSSR count). The van der Waals surface area contributed by atoms with E-state index in [0.717, 1.165) is 11.1 Å². The van der Waals surface area contributed by atoms with Gasteiger partial charge in [0.1, 0.15) is 4.75 Å². The molecule has 0 radical (unpaired) electrons. The summed E-state index contributed by atoms with van der Waals surface area (Å²) in [7, 11) is 0. The molecule has 4 atom stereocenters. The second-order valence-corrected chi connectivity index (χ2v) is 9.83. The first-order valence-electron chi connectivity index (χ1n) is 8.20. The van der Waals surface area contributed by atoms with Gasteiger partial charge < -0.3 is 5.32 Å². The van der Waals surface area contributed by atoms with Crippen LogP contribution in [0.3, 0.4) is 0 Å². The fourth-order valence-corrected chi connectivity index (χ4v) is 5.57. The normalized spacial score (nSPS) is 44.5. The van der Waals surface area contributed by atoms with Crippen molar-refractivity contribution in [2.45, 2.75) is 71.6 Å². The predicted octanol–water partition coefficient (Wildman–Crippen LogP) is 3.83. The maximum atomic E-state index is 12.2. The van der Waals surface area contributed by atoms with Gasteiger partial charge in [0.2, 0.25) is 0 Å². The Labute approximate surface area is 132 Å². The van der Waals surface area contributed by atoms with Gasteiger partial charge in [0, 0.05) is 6.04 Å². The Morgan fingerprint density at radius 2 is 1.95 bits per heavy atom. The number of carbonyl (C=O) groups is 1. The number of nitrogens with zero attached hydrogens (tertiary/aromatic N) is 1. The van der Waals surface area contributed by atoms with Crippen LogP contribution in [0.4, 0.5) is 0 Å². The summed E-state index contributed by atoms with van der Waals surface area (Å²) < 4.78 is -0.392. The molecule has 118 valence electrons. The Hall–Kier alpha value is -0.510. The topological polar surface area (TPSA) is 41.5 Å². The zero-order chi connectivity index (χ0) is 15.6. The van der Waals surface area contributed by atoms with E-state index in [1.807, 2.05) is 6.92 Å². The largest absolute Gasteiger partial charge is 0.361 e. The van der Waals surface area contributed by atoms with Gasteiger partial charge in [0.05, 0.1) is 0 Å². The molecule has 21 heavy (non-hydrogen) atoms. The maximum Gasteiger partial charge on any atom is 0.264 e. The lowest BCUT2D eigenvalue weighted by molar-refractivity contribution is -0.120. The SMILES string of the molecule is CC(C)C1(C)SC(N[C@@H]2CC3CC[C@]2(C)C3(C)C)=NC1=O. The zero-order valence-electron chi connectivity index (χ0n) is 14.1. The summed E-state index contributed by atoms with van der Waals surface area (Å²) in [6.07, 6.45) is 3.86. The molecule has 1 amide bonds. The number of carbonyl (C=O) groups excluding carboxylic acids is 1. The molecule has 2 fully saturated rings. The van der Waals surface area contributed by atoms with Gasteiger partial charge in [-0.1, -0.05) is 46.4 Å². The zero-order valence-corrected chi connectivity index (χ0v) is 14.9. The van der Waals surface area contributed by atoms with Gasteiger partial charge in [-0.05, 0) is 48.9 Å². The summed E-state index contributed by atoms with van der Waals surface area (Å²) in [5.74, 6) is 1.13. The first-order chi connectivity index (χ1) is 9.61. The molecule has 0 saturated heterocycles. The number of amides is 1. The summed E-state index contributed by atoms with van der Waals surface area (Å²) in [5, 5.41) is 4.49. The van der Waals surface area contributed by atoms with Crippen LogP contribution in [0.5, 0.6) is 0 Å². The molecule has 3 nitrogen and oxygen atoms in total. The van der Waals surface area contributed by atoms with Crippen LogP contribution in [0.25, 0.3) is 0 Å². The summed E-state index contributed by atoms with van der Waals surface area (Å²) in [6.45, 7) is 13.5. The fourth-order valence-electron chi connectivity index (χ4n) is 4.47. The van der Waals surface area contributed by atoms with E-state index >= 15 is 0 Å². The van der Waals surface area contributed by atoms with Crippen LogP contribution < -0.4 is 5.32 Å². The monoisotopic (exact) mass is 308 g/mol. The van der Waals surface area contributed by atoms with Gasteiger partial charge >= 0.3 is 0 Å². The first-order valence-corrected chi connectivity index (χ1v) is 9.01. The van der Waals surface area contributed by atoms with Gasteiger partial charge in [0.25, 0.3) is 5.91 Å². The smallest absolute Gasteiger partial charge is 0.264 e. The number of hydrogen-bond acceptors (Lipinski definition) is 3. The lowest BCUT2D eigenvalue weighted by Gasteiger charge is -2.39. The van der Waals surface area contributed by atoms with E-state index in [0.29, 0.717) is 22.8 Å². The molecule has 2 bridgehead atoms. The number of rotatable bonds is 2. The summed E-state index contributed by atoms with van der Waals surface area (Å²) >= 11 is 1.63. The maximum absolute atomic E-state index is 12.2. The van der Waals surface area contributed by atoms with Crippen molar-refractivity contribution in [1.82, 2.24) is 5.32 Å². The van der Waals surface area contributed by atoms with Gasteiger partial charge in [-0.25, -0.2) is 0 Å². The molecule has 1 N–H and O–H groups in total. The van der Waals surface area contributed by atoms with Crippen molar-refractivity contribution in [3.05, 3.63) is 0 Å². The molecular formula is C17H28N2OS. The quantitative estimate of drug-likeness (QED) is 0.843. The fraction of sp³-hybridized carbons (Fsp3) is 0.882. The molecule has 2 saturated carbocycles. The molecule has 0 aromatic carbocycles. The molecule has 1 heterocycles. The third-order valence-corrected chi connectivity index (χ3v) is 8.60. The Morgan fingerprint density at radius 1 is 1.29 bits per heavy atom. The number of nitrogens with one attached hydrogen (secondary N) is 1. The average Bonchev–Trinajstić information content (AvgIpc) is 2.85. The molecule has 4 heteroatoms. The standard InChI is InChI=1S/C17H28N2OS/c1-10(2)17(6)13(20)19-14(21-17)18-12-9-11-7-8-16(12,5)15(11,3)4/h10-12H,7-9H2,1-6H3,(H,18,19,20)/t11?,12-,16+,17?/m1/s1. The van der Waals surface area contributed by atoms with E-state index in [4.69, 9.17) is 0 Å². The molecular weight excluding hydrogens is 280 g/mol. The Bertz CT molecular complexity index is 513. The van der Waals surface area contributed by atoms with Gasteiger partial charge in [0.15, 0.2) is 5.17 Å². The lowest BCUT2D eigenvalue weighted by Crippen LogP contribution is -2.46. The molecule has 0 spiro atoms. The van der Waals surface area contributed by atoms with E-state index in [9.17, 15) is 4.79 Å². The highest BCUT2D eigenvalue weighted by Crippen LogP contribution is 2.65. The van der Waals surface area contributed by atoms with E-state index in [1.54, 1.807) is 11.8 Å². The number of aliphatic imine (C=N–C) groups is 1. The minimum absolute atomic E-state index is 0.0255. The molecule has 3 aliphatic rings. The third-order valence-electron chi connectivity index (χ3n) is 7.13. The second kappa shape index (κ2) is 4.50. The summed E-state index contributed by atoms with van der Waals surface area (Å²) in [4.78, 5) is 16.6. The van der Waals surface area contributed by atoms with Crippen LogP contribution in [0.15, 0.2) is 4.99 Å². The summed E-state index contributed by atoms with van der Waals surface area (Å²) in [6, 6.07) is 0.458. The van der Waals surface area contributed by atoms with Crippen LogP contribution >= 0.6 is 11.8 Å².